The highest BCUT2D eigenvalue weighted by atomic mass is 16.5. The fourth-order valence-corrected chi connectivity index (χ4v) is 4.35. The highest BCUT2D eigenvalue weighted by Gasteiger charge is 2.62. The first-order chi connectivity index (χ1) is 11.0. The van der Waals surface area contributed by atoms with E-state index in [-0.39, 0.29) is 24.9 Å². The molecule has 1 heterocycles. The van der Waals surface area contributed by atoms with Crippen molar-refractivity contribution in [3.05, 3.63) is 48.0 Å². The maximum atomic E-state index is 12.4. The van der Waals surface area contributed by atoms with Crippen LogP contribution in [0.25, 0.3) is 10.8 Å². The highest BCUT2D eigenvalue weighted by Crippen LogP contribution is 2.54. The van der Waals surface area contributed by atoms with Crippen molar-refractivity contribution in [2.75, 3.05) is 13.2 Å². The van der Waals surface area contributed by atoms with Crippen molar-refractivity contribution in [2.45, 2.75) is 24.9 Å². The highest BCUT2D eigenvalue weighted by molar-refractivity contribution is 5.84. The molecule has 4 nitrogen and oxygen atoms in total. The molecule has 1 saturated carbocycles. The van der Waals surface area contributed by atoms with E-state index in [1.807, 2.05) is 18.2 Å². The standard InChI is InChI=1S/C19H20O4/c20-12-18(22)9-16-10-23-17(21)19(16,11-18)8-13-5-6-14-3-1-2-4-15(14)7-13/h1-7,16,20,22H,8-12H2/t16-,18-,19-/m1/s1. The fourth-order valence-electron chi connectivity index (χ4n) is 4.35. The van der Waals surface area contributed by atoms with Crippen LogP contribution in [-0.2, 0) is 16.0 Å². The van der Waals surface area contributed by atoms with Gasteiger partial charge in [0.2, 0.25) is 0 Å². The van der Waals surface area contributed by atoms with Gasteiger partial charge in [0.1, 0.15) is 0 Å². The van der Waals surface area contributed by atoms with Gasteiger partial charge >= 0.3 is 5.97 Å². The van der Waals surface area contributed by atoms with Crippen molar-refractivity contribution in [2.24, 2.45) is 11.3 Å². The van der Waals surface area contributed by atoms with E-state index in [2.05, 4.69) is 24.3 Å². The van der Waals surface area contributed by atoms with Gasteiger partial charge in [-0.2, -0.15) is 0 Å². The molecule has 23 heavy (non-hydrogen) atoms. The van der Waals surface area contributed by atoms with Gasteiger partial charge in [0.15, 0.2) is 0 Å². The summed E-state index contributed by atoms with van der Waals surface area (Å²) in [5.41, 5.74) is -0.810. The minimum Gasteiger partial charge on any atom is -0.465 e. The molecule has 1 aliphatic carbocycles. The number of fused-ring (bicyclic) bond motifs is 2. The Morgan fingerprint density at radius 3 is 2.74 bits per heavy atom. The van der Waals surface area contributed by atoms with Gasteiger partial charge in [0, 0.05) is 5.92 Å². The number of hydrogen-bond donors (Lipinski definition) is 2. The molecule has 2 aromatic carbocycles. The molecule has 1 saturated heterocycles. The van der Waals surface area contributed by atoms with Crippen LogP contribution in [-0.4, -0.2) is 35.0 Å². The third-order valence-corrected chi connectivity index (χ3v) is 5.50. The lowest BCUT2D eigenvalue weighted by Gasteiger charge is -2.26. The lowest BCUT2D eigenvalue weighted by molar-refractivity contribution is -0.148. The molecule has 1 aliphatic heterocycles. The maximum Gasteiger partial charge on any atom is 0.312 e. The Morgan fingerprint density at radius 1 is 1.17 bits per heavy atom. The SMILES string of the molecule is O=C1OC[C@H]2C[C@](O)(CO)C[C@@]12Cc1ccc2ccccc2c1. The normalized spacial score (nSPS) is 33.0. The molecular weight excluding hydrogens is 292 g/mol. The summed E-state index contributed by atoms with van der Waals surface area (Å²) in [7, 11) is 0. The average molecular weight is 312 g/mol. The van der Waals surface area contributed by atoms with E-state index in [0.717, 1.165) is 16.3 Å². The number of benzene rings is 2. The summed E-state index contributed by atoms with van der Waals surface area (Å²) < 4.78 is 5.29. The van der Waals surface area contributed by atoms with E-state index >= 15 is 0 Å². The molecule has 0 amide bonds. The summed E-state index contributed by atoms with van der Waals surface area (Å²) in [6.45, 7) is 0.0327. The molecule has 0 aromatic heterocycles. The van der Waals surface area contributed by atoms with Crippen LogP contribution in [0.15, 0.2) is 42.5 Å². The Kier molecular flexibility index (Phi) is 3.22. The first-order valence-electron chi connectivity index (χ1n) is 8.03. The van der Waals surface area contributed by atoms with Crippen molar-refractivity contribution in [3.63, 3.8) is 0 Å². The monoisotopic (exact) mass is 312 g/mol. The number of rotatable bonds is 3. The Hall–Kier alpha value is -1.91. The van der Waals surface area contributed by atoms with E-state index in [9.17, 15) is 15.0 Å². The molecule has 2 aliphatic rings. The number of esters is 1. The van der Waals surface area contributed by atoms with Gasteiger partial charge in [0.05, 0.1) is 24.2 Å². The van der Waals surface area contributed by atoms with Crippen molar-refractivity contribution in [1.29, 1.82) is 0 Å². The number of cyclic esters (lactones) is 1. The average Bonchev–Trinajstić information content (AvgIpc) is 3.00. The zero-order valence-electron chi connectivity index (χ0n) is 12.9. The van der Waals surface area contributed by atoms with Crippen LogP contribution in [0.4, 0.5) is 0 Å². The van der Waals surface area contributed by atoms with Crippen LogP contribution in [0.3, 0.4) is 0 Å². The van der Waals surface area contributed by atoms with E-state index in [1.54, 1.807) is 0 Å². The summed E-state index contributed by atoms with van der Waals surface area (Å²) in [6.07, 6.45) is 1.24. The number of aliphatic hydroxyl groups is 2. The summed E-state index contributed by atoms with van der Waals surface area (Å²) in [5.74, 6) is -0.265. The van der Waals surface area contributed by atoms with Crippen LogP contribution in [0, 0.1) is 11.3 Å². The first kappa shape index (κ1) is 14.7. The zero-order valence-corrected chi connectivity index (χ0v) is 12.9. The van der Waals surface area contributed by atoms with Crippen LogP contribution in [0.1, 0.15) is 18.4 Å². The Labute approximate surface area is 134 Å². The van der Waals surface area contributed by atoms with Crippen molar-refractivity contribution in [3.8, 4) is 0 Å². The topological polar surface area (TPSA) is 66.8 Å². The fraction of sp³-hybridized carbons (Fsp3) is 0.421. The molecule has 3 atom stereocenters. The molecule has 0 radical (unpaired) electrons. The lowest BCUT2D eigenvalue weighted by Crippen LogP contribution is -2.36. The Bertz CT molecular complexity index is 771. The molecule has 2 fully saturated rings. The summed E-state index contributed by atoms with van der Waals surface area (Å²) in [5, 5.41) is 22.3. The Morgan fingerprint density at radius 2 is 1.96 bits per heavy atom. The van der Waals surface area contributed by atoms with Crippen LogP contribution < -0.4 is 0 Å². The maximum absolute atomic E-state index is 12.4. The van der Waals surface area contributed by atoms with Gasteiger partial charge in [-0.25, -0.2) is 0 Å². The largest absolute Gasteiger partial charge is 0.465 e. The zero-order chi connectivity index (χ0) is 16.1. The van der Waals surface area contributed by atoms with Gasteiger partial charge in [-0.15, -0.1) is 0 Å². The van der Waals surface area contributed by atoms with Crippen molar-refractivity contribution < 1.29 is 19.7 Å². The van der Waals surface area contributed by atoms with Gasteiger partial charge in [-0.3, -0.25) is 4.79 Å². The van der Waals surface area contributed by atoms with Crippen LogP contribution >= 0.6 is 0 Å². The summed E-state index contributed by atoms with van der Waals surface area (Å²) in [4.78, 5) is 12.4. The van der Waals surface area contributed by atoms with Gasteiger partial charge < -0.3 is 14.9 Å². The number of carbonyl (C=O) groups is 1. The van der Waals surface area contributed by atoms with E-state index in [4.69, 9.17) is 4.74 Å². The summed E-state index contributed by atoms with van der Waals surface area (Å²) >= 11 is 0. The Balaban J connectivity index is 1.71. The predicted molar refractivity (Wildman–Crippen MR) is 85.8 cm³/mol. The number of hydrogen-bond acceptors (Lipinski definition) is 4. The molecule has 120 valence electrons. The van der Waals surface area contributed by atoms with E-state index in [1.165, 1.54) is 0 Å². The third kappa shape index (κ3) is 2.25. The van der Waals surface area contributed by atoms with E-state index < -0.39 is 11.0 Å². The quantitative estimate of drug-likeness (QED) is 0.851. The van der Waals surface area contributed by atoms with Crippen LogP contribution in [0.5, 0.6) is 0 Å². The second kappa shape index (κ2) is 5.05. The number of carbonyl (C=O) groups excluding carboxylic acids is 1. The van der Waals surface area contributed by atoms with Gasteiger partial charge in [-0.05, 0) is 35.6 Å². The van der Waals surface area contributed by atoms with Gasteiger partial charge in [-0.1, -0.05) is 42.5 Å². The molecule has 0 unspecified atom stereocenters. The molecular formula is C19H20O4. The van der Waals surface area contributed by atoms with E-state index in [0.29, 0.717) is 19.4 Å². The lowest BCUT2D eigenvalue weighted by atomic mass is 9.74. The van der Waals surface area contributed by atoms with Crippen molar-refractivity contribution in [1.82, 2.24) is 0 Å². The molecule has 4 rings (SSSR count). The summed E-state index contributed by atoms with van der Waals surface area (Å²) in [6, 6.07) is 14.3. The minimum absolute atomic E-state index is 0.0291. The molecule has 2 N–H and O–H groups in total. The molecule has 4 heteroatoms. The molecule has 0 bridgehead atoms. The first-order valence-corrected chi connectivity index (χ1v) is 8.03. The molecule has 2 aromatic rings. The second-order valence-corrected chi connectivity index (χ2v) is 7.07. The predicted octanol–water partition coefficient (Wildman–Crippen LogP) is 2.06. The molecule has 0 spiro atoms. The third-order valence-electron chi connectivity index (χ3n) is 5.50. The smallest absolute Gasteiger partial charge is 0.312 e. The second-order valence-electron chi connectivity index (χ2n) is 7.07. The van der Waals surface area contributed by atoms with Gasteiger partial charge in [0.25, 0.3) is 0 Å². The number of aliphatic hydroxyl groups excluding tert-OH is 1. The minimum atomic E-state index is -1.17. The van der Waals surface area contributed by atoms with Crippen molar-refractivity contribution >= 4 is 16.7 Å². The number of ether oxygens (including phenoxy) is 1. The van der Waals surface area contributed by atoms with Crippen LogP contribution in [0.2, 0.25) is 0 Å².